The zero-order chi connectivity index (χ0) is 24.3. The van der Waals surface area contributed by atoms with E-state index in [4.69, 9.17) is 26.8 Å². The van der Waals surface area contributed by atoms with Crippen molar-refractivity contribution < 1.29 is 19.1 Å². The lowest BCUT2D eigenvalue weighted by atomic mass is 9.81. The summed E-state index contributed by atoms with van der Waals surface area (Å²) in [5, 5.41) is 19.4. The first-order chi connectivity index (χ1) is 15.8. The third-order valence-corrected chi connectivity index (χ3v) is 6.18. The molecule has 1 atom stereocenters. The Morgan fingerprint density at radius 3 is 2.27 bits per heavy atom. The molecule has 33 heavy (non-hydrogen) atoms. The van der Waals surface area contributed by atoms with Gasteiger partial charge in [-0.05, 0) is 40.3 Å². The molecule has 2 aromatic rings. The maximum atomic E-state index is 13.0. The maximum Gasteiger partial charge on any atom is 0.355 e. The highest BCUT2D eigenvalue weighted by atomic mass is 127. The zero-order valence-corrected chi connectivity index (χ0v) is 20.3. The summed E-state index contributed by atoms with van der Waals surface area (Å²) in [7, 11) is 2.34. The molecule has 1 aliphatic rings. The molecule has 0 amide bonds. The number of benzene rings is 2. The molecular weight excluding hydrogens is 559 g/mol. The van der Waals surface area contributed by atoms with Gasteiger partial charge in [-0.15, -0.1) is 0 Å². The number of nitriles is 2. The Bertz CT molecular complexity index is 1290. The third kappa shape index (κ3) is 4.25. The van der Waals surface area contributed by atoms with E-state index in [0.717, 1.165) is 7.11 Å². The molecule has 3 rings (SSSR count). The summed E-state index contributed by atoms with van der Waals surface area (Å²) < 4.78 is 10.5. The Kier molecular flexibility index (Phi) is 7.26. The van der Waals surface area contributed by atoms with E-state index in [-0.39, 0.29) is 38.9 Å². The standard InChI is InChI=1S/C23H16ClIN4O4/c1-32-22(30)19-18(12-6-4-3-5-7-12)14(11-27)21(28)29(20(19)23(31)33-2)17-9-15(24)13(10-26)8-16(17)25/h3-9,18H,28H2,1-2H3. The van der Waals surface area contributed by atoms with Gasteiger partial charge < -0.3 is 15.2 Å². The number of hydrogen-bond acceptors (Lipinski definition) is 8. The monoisotopic (exact) mass is 574 g/mol. The summed E-state index contributed by atoms with van der Waals surface area (Å²) >= 11 is 8.20. The number of anilines is 1. The van der Waals surface area contributed by atoms with E-state index in [0.29, 0.717) is 9.13 Å². The first kappa shape index (κ1) is 24.1. The number of ether oxygens (including phenoxy) is 2. The van der Waals surface area contributed by atoms with Crippen LogP contribution in [0.25, 0.3) is 0 Å². The average molecular weight is 575 g/mol. The number of nitrogens with zero attached hydrogens (tertiary/aromatic N) is 3. The molecule has 1 unspecified atom stereocenters. The predicted octanol–water partition coefficient (Wildman–Crippen LogP) is 3.71. The van der Waals surface area contributed by atoms with Crippen LogP contribution in [-0.2, 0) is 19.1 Å². The molecule has 0 spiro atoms. The largest absolute Gasteiger partial charge is 0.466 e. The van der Waals surface area contributed by atoms with Crippen molar-refractivity contribution in [3.8, 4) is 12.1 Å². The molecule has 2 aromatic carbocycles. The number of rotatable bonds is 4. The topological polar surface area (TPSA) is 129 Å². The van der Waals surface area contributed by atoms with Gasteiger partial charge in [-0.1, -0.05) is 41.9 Å². The molecule has 10 heteroatoms. The molecular formula is C23H16ClIN4O4. The van der Waals surface area contributed by atoms with Crippen LogP contribution in [0.3, 0.4) is 0 Å². The second-order valence-electron chi connectivity index (χ2n) is 6.73. The molecule has 0 bridgehead atoms. The van der Waals surface area contributed by atoms with Crippen LogP contribution in [-0.4, -0.2) is 26.2 Å². The fourth-order valence-corrected chi connectivity index (χ4v) is 4.47. The Morgan fingerprint density at radius 2 is 1.73 bits per heavy atom. The van der Waals surface area contributed by atoms with E-state index in [1.165, 1.54) is 24.1 Å². The summed E-state index contributed by atoms with van der Waals surface area (Å²) in [6, 6.07) is 15.7. The summed E-state index contributed by atoms with van der Waals surface area (Å²) in [5.41, 5.74) is 7.22. The summed E-state index contributed by atoms with van der Waals surface area (Å²) in [4.78, 5) is 27.3. The van der Waals surface area contributed by atoms with Crippen molar-refractivity contribution in [3.63, 3.8) is 0 Å². The molecule has 0 radical (unpaired) electrons. The maximum absolute atomic E-state index is 13.0. The van der Waals surface area contributed by atoms with Crippen molar-refractivity contribution in [3.05, 3.63) is 84.8 Å². The van der Waals surface area contributed by atoms with E-state index >= 15 is 0 Å². The van der Waals surface area contributed by atoms with Gasteiger partial charge in [-0.25, -0.2) is 9.59 Å². The molecule has 1 heterocycles. The number of methoxy groups -OCH3 is 2. The molecule has 2 N–H and O–H groups in total. The number of carbonyl (C=O) groups is 2. The lowest BCUT2D eigenvalue weighted by molar-refractivity contribution is -0.139. The van der Waals surface area contributed by atoms with Gasteiger partial charge in [0.2, 0.25) is 0 Å². The Morgan fingerprint density at radius 1 is 1.09 bits per heavy atom. The molecule has 166 valence electrons. The molecule has 0 aromatic heterocycles. The highest BCUT2D eigenvalue weighted by Gasteiger charge is 2.43. The van der Waals surface area contributed by atoms with Crippen LogP contribution in [0.15, 0.2) is 65.1 Å². The number of hydrogen-bond donors (Lipinski definition) is 1. The van der Waals surface area contributed by atoms with Crippen molar-refractivity contribution in [1.29, 1.82) is 10.5 Å². The molecule has 0 saturated carbocycles. The van der Waals surface area contributed by atoms with Crippen LogP contribution in [0.1, 0.15) is 17.0 Å². The third-order valence-electron chi connectivity index (χ3n) is 5.01. The predicted molar refractivity (Wildman–Crippen MR) is 128 cm³/mol. The molecule has 0 saturated heterocycles. The quantitative estimate of drug-likeness (QED) is 0.432. The first-order valence-corrected chi connectivity index (χ1v) is 10.8. The Balaban J connectivity index is 2.46. The van der Waals surface area contributed by atoms with Gasteiger partial charge in [-0.3, -0.25) is 4.90 Å². The van der Waals surface area contributed by atoms with Crippen LogP contribution in [0.4, 0.5) is 5.69 Å². The number of carbonyl (C=O) groups excluding carboxylic acids is 2. The van der Waals surface area contributed by atoms with Crippen LogP contribution in [0.5, 0.6) is 0 Å². The van der Waals surface area contributed by atoms with Crippen LogP contribution < -0.4 is 10.6 Å². The normalized spacial score (nSPS) is 15.6. The highest BCUT2D eigenvalue weighted by molar-refractivity contribution is 14.1. The Hall–Kier alpha value is -3.54. The lowest BCUT2D eigenvalue weighted by Gasteiger charge is -2.36. The average Bonchev–Trinajstić information content (AvgIpc) is 2.84. The minimum Gasteiger partial charge on any atom is -0.466 e. The zero-order valence-electron chi connectivity index (χ0n) is 17.4. The van der Waals surface area contributed by atoms with Gasteiger partial charge in [0, 0.05) is 3.57 Å². The van der Waals surface area contributed by atoms with Gasteiger partial charge in [0.25, 0.3) is 0 Å². The minimum atomic E-state index is -0.972. The summed E-state index contributed by atoms with van der Waals surface area (Å²) in [5.74, 6) is -2.75. The van der Waals surface area contributed by atoms with Gasteiger partial charge in [0.05, 0.1) is 53.6 Å². The SMILES string of the molecule is COC(=O)C1=C(C(=O)OC)N(c2cc(Cl)c(C#N)cc2I)C(N)=C(C#N)C1c1ccccc1. The van der Waals surface area contributed by atoms with Gasteiger partial charge >= 0.3 is 11.9 Å². The van der Waals surface area contributed by atoms with Gasteiger partial charge in [0.1, 0.15) is 17.6 Å². The van der Waals surface area contributed by atoms with E-state index in [1.54, 1.807) is 30.3 Å². The fraction of sp³-hybridized carbons (Fsp3) is 0.130. The molecule has 1 aliphatic heterocycles. The number of halogens is 2. The van der Waals surface area contributed by atoms with Crippen molar-refractivity contribution in [2.24, 2.45) is 5.73 Å². The van der Waals surface area contributed by atoms with Crippen molar-refractivity contribution >= 4 is 51.8 Å². The number of esters is 2. The van der Waals surface area contributed by atoms with Crippen molar-refractivity contribution in [2.75, 3.05) is 19.1 Å². The number of allylic oxidation sites excluding steroid dienone is 1. The Labute approximate surface area is 208 Å². The van der Waals surface area contributed by atoms with Crippen molar-refractivity contribution in [2.45, 2.75) is 5.92 Å². The van der Waals surface area contributed by atoms with E-state index < -0.39 is 17.9 Å². The summed E-state index contributed by atoms with van der Waals surface area (Å²) in [6.07, 6.45) is 0. The first-order valence-electron chi connectivity index (χ1n) is 9.35. The van der Waals surface area contributed by atoms with Crippen LogP contribution >= 0.6 is 34.2 Å². The second-order valence-corrected chi connectivity index (χ2v) is 8.30. The molecule has 0 fully saturated rings. The smallest absolute Gasteiger partial charge is 0.355 e. The van der Waals surface area contributed by atoms with E-state index in [9.17, 15) is 20.1 Å². The lowest BCUT2D eigenvalue weighted by Crippen LogP contribution is -2.41. The van der Waals surface area contributed by atoms with Crippen LogP contribution in [0, 0.1) is 26.2 Å². The minimum absolute atomic E-state index is 0.0329. The van der Waals surface area contributed by atoms with E-state index in [2.05, 4.69) is 6.07 Å². The van der Waals surface area contributed by atoms with Crippen molar-refractivity contribution in [1.82, 2.24) is 0 Å². The fourth-order valence-electron chi connectivity index (χ4n) is 3.56. The highest BCUT2D eigenvalue weighted by Crippen LogP contribution is 2.44. The number of nitrogens with two attached hydrogens (primary N) is 1. The summed E-state index contributed by atoms with van der Waals surface area (Å²) in [6.45, 7) is 0. The van der Waals surface area contributed by atoms with Crippen LogP contribution in [0.2, 0.25) is 5.02 Å². The molecule has 0 aliphatic carbocycles. The van der Waals surface area contributed by atoms with E-state index in [1.807, 2.05) is 28.7 Å². The van der Waals surface area contributed by atoms with Gasteiger partial charge in [-0.2, -0.15) is 10.5 Å². The van der Waals surface area contributed by atoms with Gasteiger partial charge in [0.15, 0.2) is 0 Å². The molecule has 8 nitrogen and oxygen atoms in total. The second kappa shape index (κ2) is 9.94.